The van der Waals surface area contributed by atoms with Crippen LogP contribution in [0.4, 0.5) is 0 Å². The van der Waals surface area contributed by atoms with E-state index in [2.05, 4.69) is 104 Å². The van der Waals surface area contributed by atoms with E-state index in [-0.39, 0.29) is 42.6 Å². The van der Waals surface area contributed by atoms with Gasteiger partial charge < -0.3 is 30.9 Å². The van der Waals surface area contributed by atoms with E-state index in [1.165, 1.54) is 0 Å². The van der Waals surface area contributed by atoms with Gasteiger partial charge in [-0.3, -0.25) is 13.6 Å². The van der Waals surface area contributed by atoms with E-state index >= 15 is 0 Å². The molecular weight excluding hydrogens is 477 g/mol. The van der Waals surface area contributed by atoms with Gasteiger partial charge in [0.05, 0.1) is 0 Å². The Bertz CT molecular complexity index is 314. The predicted octanol–water partition coefficient (Wildman–Crippen LogP) is 7.30. The summed E-state index contributed by atoms with van der Waals surface area (Å²) in [5.41, 5.74) is 0.455. The summed E-state index contributed by atoms with van der Waals surface area (Å²) < 4.78 is 0. The Hall–Kier alpha value is -0.197. The molecule has 31 heavy (non-hydrogen) atoms. The fourth-order valence-electron chi connectivity index (χ4n) is 2.32. The summed E-state index contributed by atoms with van der Waals surface area (Å²) >= 11 is 0. The number of carbonyl (C=O) groups excluding carboxylic acids is 2. The van der Waals surface area contributed by atoms with Crippen LogP contribution >= 0.6 is 0 Å². The molecule has 0 aromatic carbocycles. The molecule has 2 atom stereocenters. The Labute approximate surface area is 208 Å². The zero-order valence-electron chi connectivity index (χ0n) is 21.9. The summed E-state index contributed by atoms with van der Waals surface area (Å²) in [5.74, 6) is 0. The van der Waals surface area contributed by atoms with E-state index in [0.717, 1.165) is 51.9 Å². The van der Waals surface area contributed by atoms with Gasteiger partial charge in [-0.05, 0) is 0 Å². The molecule has 6 nitrogen and oxygen atoms in total. The van der Waals surface area contributed by atoms with Crippen molar-refractivity contribution >= 4 is 13.6 Å². The maximum atomic E-state index is 7.75. The summed E-state index contributed by atoms with van der Waals surface area (Å²) in [6, 6.07) is 0. The molecule has 0 amide bonds. The standard InChI is InChI=1S/2C11H24N2.2CHO.Ru/c2*1-6-9-13-10(12-8-3)11(4,5)7-2;2*1-2;/h2*10H,6-9H2,1-5H3;2*1H;/q2*-2;2*-1;+6. The van der Waals surface area contributed by atoms with Crippen molar-refractivity contribution < 1.29 is 29.1 Å². The van der Waals surface area contributed by atoms with Crippen molar-refractivity contribution in [2.75, 3.05) is 26.2 Å². The molecule has 7 heteroatoms. The molecule has 2 unspecified atom stereocenters. The molecule has 0 aliphatic carbocycles. The first kappa shape index (κ1) is 41.1. The van der Waals surface area contributed by atoms with Crippen LogP contribution in [0.25, 0.3) is 21.3 Å². The van der Waals surface area contributed by atoms with Gasteiger partial charge in [0.15, 0.2) is 0 Å². The molecule has 0 heterocycles. The van der Waals surface area contributed by atoms with E-state index in [9.17, 15) is 0 Å². The van der Waals surface area contributed by atoms with Crippen LogP contribution in [0.15, 0.2) is 0 Å². The summed E-state index contributed by atoms with van der Waals surface area (Å²) in [6.07, 6.45) is 4.90. The third kappa shape index (κ3) is 22.8. The number of nitrogens with zero attached hydrogens (tertiary/aromatic N) is 4. The van der Waals surface area contributed by atoms with Crippen molar-refractivity contribution in [3.8, 4) is 0 Å². The van der Waals surface area contributed by atoms with Crippen molar-refractivity contribution in [2.45, 2.75) is 107 Å². The second-order valence-corrected chi connectivity index (χ2v) is 8.24. The van der Waals surface area contributed by atoms with Crippen molar-refractivity contribution in [2.24, 2.45) is 10.8 Å². The van der Waals surface area contributed by atoms with Gasteiger partial charge in [0.25, 0.3) is 0 Å². The van der Waals surface area contributed by atoms with Gasteiger partial charge >= 0.3 is 19.5 Å². The smallest absolute Gasteiger partial charge is 0.678 e. The van der Waals surface area contributed by atoms with Crippen molar-refractivity contribution in [1.29, 1.82) is 0 Å². The number of rotatable bonds is 14. The largest absolute Gasteiger partial charge is 6.00 e. The fourth-order valence-corrected chi connectivity index (χ4v) is 2.32. The van der Waals surface area contributed by atoms with E-state index in [0.29, 0.717) is 0 Å². The van der Waals surface area contributed by atoms with E-state index in [1.807, 2.05) is 0 Å². The van der Waals surface area contributed by atoms with Gasteiger partial charge in [0.2, 0.25) is 0 Å². The van der Waals surface area contributed by atoms with Crippen LogP contribution in [-0.2, 0) is 29.1 Å². The average Bonchev–Trinajstić information content (AvgIpc) is 2.77. The molecule has 0 saturated heterocycles. The average molecular weight is 528 g/mol. The van der Waals surface area contributed by atoms with Crippen LogP contribution in [0.3, 0.4) is 0 Å². The first-order chi connectivity index (χ1) is 14.2. The van der Waals surface area contributed by atoms with Crippen LogP contribution < -0.4 is 0 Å². The summed E-state index contributed by atoms with van der Waals surface area (Å²) in [4.78, 5) is 15.5. The second kappa shape index (κ2) is 27.8. The topological polar surface area (TPSA) is 90.5 Å². The monoisotopic (exact) mass is 528 g/mol. The zero-order chi connectivity index (χ0) is 24.6. The van der Waals surface area contributed by atoms with E-state index in [4.69, 9.17) is 9.59 Å². The minimum atomic E-state index is 0. The predicted molar refractivity (Wildman–Crippen MR) is 134 cm³/mol. The van der Waals surface area contributed by atoms with Gasteiger partial charge in [-0.25, -0.2) is 12.3 Å². The molecular formula is C24H50N4O2Ru. The molecule has 0 aromatic heterocycles. The molecule has 0 bridgehead atoms. The molecule has 0 N–H and O–H groups in total. The SMILES string of the molecule is CCC[N-]C([N-]CC)C(C)(C)CC.CCC[N-]C([N-]CC)C(C)(C)CC.[CH-]=O.[CH-]=O.[Ru+6]. The Morgan fingerprint density at radius 1 is 0.581 bits per heavy atom. The molecule has 0 radical (unpaired) electrons. The molecule has 0 saturated carbocycles. The van der Waals surface area contributed by atoms with Gasteiger partial charge in [0, 0.05) is 0 Å². The Morgan fingerprint density at radius 2 is 0.839 bits per heavy atom. The Balaban J connectivity index is -0.000000122. The van der Waals surface area contributed by atoms with Crippen LogP contribution in [0.1, 0.15) is 94.9 Å². The van der Waals surface area contributed by atoms with Crippen molar-refractivity contribution in [3.63, 3.8) is 0 Å². The van der Waals surface area contributed by atoms with E-state index < -0.39 is 0 Å². The second-order valence-electron chi connectivity index (χ2n) is 8.24. The Kier molecular flexibility index (Phi) is 36.9. The minimum Gasteiger partial charge on any atom is -0.678 e. The van der Waals surface area contributed by atoms with Crippen LogP contribution in [-0.4, -0.2) is 52.1 Å². The van der Waals surface area contributed by atoms with Gasteiger partial charge in [-0.2, -0.15) is 26.2 Å². The summed E-state index contributed by atoms with van der Waals surface area (Å²) in [5, 5.41) is 18.3. The molecule has 0 fully saturated rings. The minimum absolute atomic E-state index is 0. The summed E-state index contributed by atoms with van der Waals surface area (Å²) in [7, 11) is 0. The van der Waals surface area contributed by atoms with E-state index in [1.54, 1.807) is 0 Å². The number of hydrogen-bond acceptors (Lipinski definition) is 2. The normalized spacial score (nSPS) is 12.5. The van der Waals surface area contributed by atoms with Crippen LogP contribution in [0.5, 0.6) is 0 Å². The van der Waals surface area contributed by atoms with Crippen LogP contribution in [0.2, 0.25) is 0 Å². The molecule has 0 aliphatic rings. The van der Waals surface area contributed by atoms with Crippen LogP contribution in [0, 0.1) is 10.8 Å². The maximum absolute atomic E-state index is 7.75. The van der Waals surface area contributed by atoms with Crippen molar-refractivity contribution in [1.82, 2.24) is 0 Å². The van der Waals surface area contributed by atoms with Gasteiger partial charge in [-0.1, -0.05) is 106 Å². The molecule has 0 spiro atoms. The maximum Gasteiger partial charge on any atom is 6.00 e. The number of hydrogen-bond donors (Lipinski definition) is 0. The van der Waals surface area contributed by atoms with Crippen molar-refractivity contribution in [3.05, 3.63) is 21.3 Å². The third-order valence-corrected chi connectivity index (χ3v) is 4.98. The molecule has 0 rings (SSSR count). The first-order valence-electron chi connectivity index (χ1n) is 11.3. The Morgan fingerprint density at radius 3 is 1.00 bits per heavy atom. The first-order valence-corrected chi connectivity index (χ1v) is 11.3. The van der Waals surface area contributed by atoms with Gasteiger partial charge in [0.1, 0.15) is 0 Å². The third-order valence-electron chi connectivity index (χ3n) is 4.98. The molecule has 186 valence electrons. The fraction of sp³-hybridized carbons (Fsp3) is 0.917. The molecule has 0 aromatic rings. The molecule has 0 aliphatic heterocycles. The summed E-state index contributed by atoms with van der Waals surface area (Å²) in [6.45, 7) is 32.0. The zero-order valence-corrected chi connectivity index (χ0v) is 23.7. The quantitative estimate of drug-likeness (QED) is 0.135. The van der Waals surface area contributed by atoms with Gasteiger partial charge in [-0.15, -0.1) is 0 Å².